The summed E-state index contributed by atoms with van der Waals surface area (Å²) >= 11 is 5.91. The fourth-order valence-electron chi connectivity index (χ4n) is 3.46. The summed E-state index contributed by atoms with van der Waals surface area (Å²) < 4.78 is 0. The summed E-state index contributed by atoms with van der Waals surface area (Å²) in [5, 5.41) is 6.30. The highest BCUT2D eigenvalue weighted by molar-refractivity contribution is 6.30. The van der Waals surface area contributed by atoms with E-state index in [9.17, 15) is 14.4 Å². The maximum absolute atomic E-state index is 12.6. The Hall–Kier alpha value is -3.71. The van der Waals surface area contributed by atoms with Gasteiger partial charge >= 0.3 is 6.03 Å². The number of nitrogens with one attached hydrogen (secondary N) is 2. The van der Waals surface area contributed by atoms with Gasteiger partial charge in [-0.05, 0) is 47.0 Å². The molecule has 2 N–H and O–H groups in total. The van der Waals surface area contributed by atoms with Crippen molar-refractivity contribution in [1.82, 2.24) is 20.5 Å². The molecule has 7 nitrogen and oxygen atoms in total. The lowest BCUT2D eigenvalue weighted by molar-refractivity contribution is -0.130. The zero-order valence-electron chi connectivity index (χ0n) is 17.1. The Morgan fingerprint density at radius 3 is 2.47 bits per heavy atom. The number of halogens is 1. The number of imide groups is 1. The second-order valence-corrected chi connectivity index (χ2v) is 7.91. The van der Waals surface area contributed by atoms with Crippen LogP contribution in [-0.4, -0.2) is 27.7 Å². The molecule has 0 spiro atoms. The molecule has 0 aliphatic carbocycles. The SMILES string of the molecule is O=C(NCc1cccnc1)c1ccc(CN2C(=O)CC(c3ccc(Cl)cc3)NC2=O)cc1. The normalized spacial score (nSPS) is 15.9. The second-order valence-electron chi connectivity index (χ2n) is 7.48. The molecule has 0 bridgehead atoms. The van der Waals surface area contributed by atoms with E-state index >= 15 is 0 Å². The maximum Gasteiger partial charge on any atom is 0.324 e. The number of carbonyl (C=O) groups excluding carboxylic acids is 3. The van der Waals surface area contributed by atoms with Gasteiger partial charge in [0.1, 0.15) is 0 Å². The van der Waals surface area contributed by atoms with Crippen molar-refractivity contribution in [3.63, 3.8) is 0 Å². The summed E-state index contributed by atoms with van der Waals surface area (Å²) in [4.78, 5) is 42.7. The molecule has 0 radical (unpaired) electrons. The Balaban J connectivity index is 1.35. The van der Waals surface area contributed by atoms with Gasteiger partial charge in [-0.25, -0.2) is 4.79 Å². The van der Waals surface area contributed by atoms with Gasteiger partial charge in [-0.3, -0.25) is 19.5 Å². The standard InChI is InChI=1S/C24H21ClN4O3/c25-20-9-7-18(8-10-20)21-12-22(30)29(24(32)28-21)15-16-3-5-19(6-4-16)23(31)27-14-17-2-1-11-26-13-17/h1-11,13,21H,12,14-15H2,(H,27,31)(H,28,32). The third-order valence-electron chi connectivity index (χ3n) is 5.23. The van der Waals surface area contributed by atoms with Crippen molar-refractivity contribution < 1.29 is 14.4 Å². The summed E-state index contributed by atoms with van der Waals surface area (Å²) in [5.74, 6) is -0.468. The van der Waals surface area contributed by atoms with Crippen LogP contribution in [0.3, 0.4) is 0 Å². The predicted octanol–water partition coefficient (Wildman–Crippen LogP) is 3.85. The van der Waals surface area contributed by atoms with E-state index in [1.807, 2.05) is 12.1 Å². The summed E-state index contributed by atoms with van der Waals surface area (Å²) in [6.45, 7) is 0.515. The first-order chi connectivity index (χ1) is 15.5. The van der Waals surface area contributed by atoms with E-state index in [0.29, 0.717) is 17.1 Å². The number of nitrogens with zero attached hydrogens (tertiary/aromatic N) is 2. The van der Waals surface area contributed by atoms with Crippen LogP contribution >= 0.6 is 11.6 Å². The summed E-state index contributed by atoms with van der Waals surface area (Å²) in [6.07, 6.45) is 3.54. The number of amides is 4. The number of carbonyl (C=O) groups is 3. The molecule has 4 amide bonds. The molecule has 4 rings (SSSR count). The molecule has 3 aromatic rings. The quantitative estimate of drug-likeness (QED) is 0.599. The first-order valence-corrected chi connectivity index (χ1v) is 10.5. The van der Waals surface area contributed by atoms with Crippen LogP contribution in [0.15, 0.2) is 73.1 Å². The van der Waals surface area contributed by atoms with Gasteiger partial charge in [0.05, 0.1) is 19.0 Å². The molecule has 1 saturated heterocycles. The molecule has 8 heteroatoms. The van der Waals surface area contributed by atoms with Gasteiger partial charge in [-0.1, -0.05) is 41.9 Å². The highest BCUT2D eigenvalue weighted by atomic mass is 35.5. The average Bonchev–Trinajstić information content (AvgIpc) is 2.81. The molecule has 2 heterocycles. The van der Waals surface area contributed by atoms with Crippen molar-refractivity contribution >= 4 is 29.4 Å². The summed E-state index contributed by atoms with van der Waals surface area (Å²) in [5.41, 5.74) is 2.98. The molecule has 0 saturated carbocycles. The van der Waals surface area contributed by atoms with Gasteiger partial charge in [0.2, 0.25) is 5.91 Å². The van der Waals surface area contributed by atoms with Crippen LogP contribution < -0.4 is 10.6 Å². The number of hydrogen-bond donors (Lipinski definition) is 2. The van der Waals surface area contributed by atoms with Gasteiger partial charge in [0, 0.05) is 29.5 Å². The Morgan fingerprint density at radius 1 is 1.06 bits per heavy atom. The van der Waals surface area contributed by atoms with E-state index in [2.05, 4.69) is 15.6 Å². The van der Waals surface area contributed by atoms with Crippen molar-refractivity contribution in [3.8, 4) is 0 Å². The number of rotatable bonds is 6. The molecule has 1 aliphatic heterocycles. The fourth-order valence-corrected chi connectivity index (χ4v) is 3.59. The van der Waals surface area contributed by atoms with Crippen LogP contribution in [0.1, 0.15) is 39.5 Å². The van der Waals surface area contributed by atoms with E-state index in [0.717, 1.165) is 16.7 Å². The molecule has 162 valence electrons. The second kappa shape index (κ2) is 9.62. The van der Waals surface area contributed by atoms with E-state index < -0.39 is 6.03 Å². The van der Waals surface area contributed by atoms with Crippen LogP contribution in [0.2, 0.25) is 5.02 Å². The van der Waals surface area contributed by atoms with E-state index in [1.54, 1.807) is 60.9 Å². The summed E-state index contributed by atoms with van der Waals surface area (Å²) in [7, 11) is 0. The van der Waals surface area contributed by atoms with Gasteiger partial charge in [-0.15, -0.1) is 0 Å². The third-order valence-corrected chi connectivity index (χ3v) is 5.48. The van der Waals surface area contributed by atoms with Gasteiger partial charge in [-0.2, -0.15) is 0 Å². The third kappa shape index (κ3) is 5.12. The zero-order chi connectivity index (χ0) is 22.5. The smallest absolute Gasteiger partial charge is 0.324 e. The topological polar surface area (TPSA) is 91.4 Å². The van der Waals surface area contributed by atoms with Crippen LogP contribution in [0, 0.1) is 0 Å². The Labute approximate surface area is 190 Å². The summed E-state index contributed by atoms with van der Waals surface area (Å²) in [6, 6.07) is 16.8. The van der Waals surface area contributed by atoms with Crippen molar-refractivity contribution in [3.05, 3.63) is 100 Å². The molecule has 32 heavy (non-hydrogen) atoms. The zero-order valence-corrected chi connectivity index (χ0v) is 17.9. The Kier molecular flexibility index (Phi) is 6.47. The lowest BCUT2D eigenvalue weighted by atomic mass is 10.0. The van der Waals surface area contributed by atoms with Crippen molar-refractivity contribution in [1.29, 1.82) is 0 Å². The number of urea groups is 1. The first-order valence-electron chi connectivity index (χ1n) is 10.1. The minimum absolute atomic E-state index is 0.135. The van der Waals surface area contributed by atoms with Crippen molar-refractivity contribution in [2.24, 2.45) is 0 Å². The molecule has 2 aromatic carbocycles. The lowest BCUT2D eigenvalue weighted by Gasteiger charge is -2.31. The highest BCUT2D eigenvalue weighted by Gasteiger charge is 2.32. The monoisotopic (exact) mass is 448 g/mol. The minimum atomic E-state index is -0.445. The lowest BCUT2D eigenvalue weighted by Crippen LogP contribution is -2.50. The fraction of sp³-hybridized carbons (Fsp3) is 0.167. The van der Waals surface area contributed by atoms with Gasteiger partial charge in [0.25, 0.3) is 5.91 Å². The maximum atomic E-state index is 12.6. The molecule has 1 fully saturated rings. The minimum Gasteiger partial charge on any atom is -0.348 e. The molecular formula is C24H21ClN4O3. The molecule has 1 aliphatic rings. The predicted molar refractivity (Wildman–Crippen MR) is 120 cm³/mol. The van der Waals surface area contributed by atoms with E-state index in [4.69, 9.17) is 11.6 Å². The molecular weight excluding hydrogens is 428 g/mol. The largest absolute Gasteiger partial charge is 0.348 e. The van der Waals surface area contributed by atoms with Crippen LogP contribution in [0.4, 0.5) is 4.79 Å². The number of hydrogen-bond acceptors (Lipinski definition) is 4. The van der Waals surface area contributed by atoms with E-state index in [-0.39, 0.29) is 30.8 Å². The van der Waals surface area contributed by atoms with Crippen LogP contribution in [0.25, 0.3) is 0 Å². The molecule has 1 unspecified atom stereocenters. The van der Waals surface area contributed by atoms with E-state index in [1.165, 1.54) is 4.90 Å². The Morgan fingerprint density at radius 2 is 1.81 bits per heavy atom. The first kappa shape index (κ1) is 21.5. The van der Waals surface area contributed by atoms with Gasteiger partial charge < -0.3 is 10.6 Å². The number of pyridine rings is 1. The molecule has 1 atom stereocenters. The van der Waals surface area contributed by atoms with Crippen LogP contribution in [0.5, 0.6) is 0 Å². The Bertz CT molecular complexity index is 1100. The average molecular weight is 449 g/mol. The molecule has 1 aromatic heterocycles. The highest BCUT2D eigenvalue weighted by Crippen LogP contribution is 2.24. The van der Waals surface area contributed by atoms with Crippen molar-refractivity contribution in [2.75, 3.05) is 0 Å². The number of benzene rings is 2. The van der Waals surface area contributed by atoms with Crippen molar-refractivity contribution in [2.45, 2.75) is 25.6 Å². The van der Waals surface area contributed by atoms with Gasteiger partial charge in [0.15, 0.2) is 0 Å². The van der Waals surface area contributed by atoms with Crippen LogP contribution in [-0.2, 0) is 17.9 Å². The number of aromatic nitrogens is 1.